The van der Waals surface area contributed by atoms with E-state index in [2.05, 4.69) is 0 Å². The van der Waals surface area contributed by atoms with Crippen LogP contribution in [0.4, 0.5) is 0 Å². The van der Waals surface area contributed by atoms with Crippen LogP contribution >= 0.6 is 0 Å². The summed E-state index contributed by atoms with van der Waals surface area (Å²) in [5.74, 6) is 0. The molecule has 3 N–H and O–H groups in total. The second kappa shape index (κ2) is 5.60. The first-order valence-electron chi connectivity index (χ1n) is 5.88. The van der Waals surface area contributed by atoms with E-state index in [4.69, 9.17) is 9.84 Å². The van der Waals surface area contributed by atoms with Crippen LogP contribution < -0.4 is 0 Å². The van der Waals surface area contributed by atoms with Crippen molar-refractivity contribution in [3.63, 3.8) is 0 Å². The second-order valence-corrected chi connectivity index (χ2v) is 4.40. The third kappa shape index (κ3) is 2.84. The van der Waals surface area contributed by atoms with Gasteiger partial charge in [0.1, 0.15) is 18.3 Å². The van der Waals surface area contributed by atoms with Gasteiger partial charge in [0.2, 0.25) is 0 Å². The van der Waals surface area contributed by atoms with Gasteiger partial charge in [-0.25, -0.2) is 0 Å². The predicted molar refractivity (Wildman–Crippen MR) is 62.5 cm³/mol. The van der Waals surface area contributed by atoms with Gasteiger partial charge in [-0.05, 0) is 18.4 Å². The molecule has 94 valence electrons. The highest BCUT2D eigenvalue weighted by atomic mass is 16.6. The third-order valence-corrected chi connectivity index (χ3v) is 3.20. The zero-order chi connectivity index (χ0) is 12.3. The Morgan fingerprint density at radius 1 is 1.00 bits per heavy atom. The average Bonchev–Trinajstić information content (AvgIpc) is 2.65. The SMILES string of the molecule is OC[C@H]1O[C@@H](CCc2ccccc2)C(O)C1O. The van der Waals surface area contributed by atoms with Gasteiger partial charge in [-0.15, -0.1) is 0 Å². The molecule has 4 heteroatoms. The van der Waals surface area contributed by atoms with Gasteiger partial charge in [0.05, 0.1) is 12.7 Å². The van der Waals surface area contributed by atoms with Crippen molar-refractivity contribution in [2.75, 3.05) is 6.61 Å². The van der Waals surface area contributed by atoms with Crippen LogP contribution in [0, 0.1) is 0 Å². The van der Waals surface area contributed by atoms with E-state index in [0.717, 1.165) is 6.42 Å². The first-order chi connectivity index (χ1) is 8.22. The highest BCUT2D eigenvalue weighted by Gasteiger charge is 2.41. The molecule has 1 fully saturated rings. The number of aliphatic hydroxyl groups is 3. The van der Waals surface area contributed by atoms with Crippen LogP contribution in [0.1, 0.15) is 12.0 Å². The van der Waals surface area contributed by atoms with Crippen molar-refractivity contribution in [2.45, 2.75) is 37.3 Å². The molecular formula is C13H18O4. The molecule has 4 nitrogen and oxygen atoms in total. The van der Waals surface area contributed by atoms with Crippen molar-refractivity contribution >= 4 is 0 Å². The average molecular weight is 238 g/mol. The molecule has 1 saturated heterocycles. The van der Waals surface area contributed by atoms with Gasteiger partial charge < -0.3 is 20.1 Å². The minimum Gasteiger partial charge on any atom is -0.394 e. The monoisotopic (exact) mass is 238 g/mol. The van der Waals surface area contributed by atoms with E-state index in [-0.39, 0.29) is 6.61 Å². The van der Waals surface area contributed by atoms with Crippen molar-refractivity contribution in [1.29, 1.82) is 0 Å². The largest absolute Gasteiger partial charge is 0.394 e. The lowest BCUT2D eigenvalue weighted by molar-refractivity contribution is -0.0238. The zero-order valence-electron chi connectivity index (χ0n) is 9.57. The van der Waals surface area contributed by atoms with Gasteiger partial charge in [-0.3, -0.25) is 0 Å². The normalized spacial score (nSPS) is 32.9. The molecule has 0 bridgehead atoms. The standard InChI is InChI=1S/C13H18O4/c14-8-11-13(16)12(15)10(17-11)7-6-9-4-2-1-3-5-9/h1-5,10-16H,6-8H2/t10-,11+,12?,13?/m0/s1. The lowest BCUT2D eigenvalue weighted by atomic mass is 10.0. The molecule has 0 saturated carbocycles. The molecule has 2 rings (SSSR count). The Labute approximate surface area is 100 Å². The summed E-state index contributed by atoms with van der Waals surface area (Å²) >= 11 is 0. The Hall–Kier alpha value is -0.940. The Balaban J connectivity index is 1.88. The quantitative estimate of drug-likeness (QED) is 0.696. The number of ether oxygens (including phenoxy) is 1. The lowest BCUT2D eigenvalue weighted by Crippen LogP contribution is -2.33. The van der Waals surface area contributed by atoms with Crippen LogP contribution in [0.15, 0.2) is 30.3 Å². The smallest absolute Gasteiger partial charge is 0.111 e. The number of hydrogen-bond acceptors (Lipinski definition) is 4. The van der Waals surface area contributed by atoms with Gasteiger partial charge in [0, 0.05) is 0 Å². The molecule has 1 heterocycles. The second-order valence-electron chi connectivity index (χ2n) is 4.40. The van der Waals surface area contributed by atoms with Gasteiger partial charge in [-0.1, -0.05) is 30.3 Å². The molecule has 0 aliphatic carbocycles. The van der Waals surface area contributed by atoms with E-state index >= 15 is 0 Å². The van der Waals surface area contributed by atoms with Crippen LogP contribution in [0.2, 0.25) is 0 Å². The van der Waals surface area contributed by atoms with Crippen LogP contribution in [-0.2, 0) is 11.2 Å². The summed E-state index contributed by atoms with van der Waals surface area (Å²) in [5, 5.41) is 28.3. The predicted octanol–water partition coefficient (Wildman–Crippen LogP) is 0.101. The van der Waals surface area contributed by atoms with Gasteiger partial charge in [-0.2, -0.15) is 0 Å². The summed E-state index contributed by atoms with van der Waals surface area (Å²) in [4.78, 5) is 0. The van der Waals surface area contributed by atoms with Gasteiger partial charge in [0.25, 0.3) is 0 Å². The fourth-order valence-corrected chi connectivity index (χ4v) is 2.17. The molecular weight excluding hydrogens is 220 g/mol. The Bertz CT molecular complexity index is 341. The summed E-state index contributed by atoms with van der Waals surface area (Å²) in [6.45, 7) is -0.264. The van der Waals surface area contributed by atoms with Crippen LogP contribution in [0.3, 0.4) is 0 Å². The fourth-order valence-electron chi connectivity index (χ4n) is 2.17. The summed E-state index contributed by atoms with van der Waals surface area (Å²) in [6, 6.07) is 9.91. The van der Waals surface area contributed by atoms with Crippen LogP contribution in [0.5, 0.6) is 0 Å². The van der Waals surface area contributed by atoms with E-state index in [1.807, 2.05) is 30.3 Å². The summed E-state index contributed by atoms with van der Waals surface area (Å²) < 4.78 is 5.41. The van der Waals surface area contributed by atoms with Crippen LogP contribution in [0.25, 0.3) is 0 Å². The first-order valence-corrected chi connectivity index (χ1v) is 5.88. The summed E-state index contributed by atoms with van der Waals surface area (Å²) in [5.41, 5.74) is 1.17. The minimum atomic E-state index is -0.985. The molecule has 2 unspecified atom stereocenters. The third-order valence-electron chi connectivity index (χ3n) is 3.20. The molecule has 17 heavy (non-hydrogen) atoms. The molecule has 0 spiro atoms. The minimum absolute atomic E-state index is 0.264. The maximum atomic E-state index is 9.75. The van der Waals surface area contributed by atoms with Crippen LogP contribution in [-0.4, -0.2) is 46.3 Å². The van der Waals surface area contributed by atoms with E-state index in [9.17, 15) is 10.2 Å². The van der Waals surface area contributed by atoms with Gasteiger partial charge >= 0.3 is 0 Å². The summed E-state index contributed by atoms with van der Waals surface area (Å²) in [6.07, 6.45) is -1.53. The number of aryl methyl sites for hydroxylation is 1. The molecule has 0 amide bonds. The Morgan fingerprint density at radius 2 is 1.65 bits per heavy atom. The zero-order valence-corrected chi connectivity index (χ0v) is 9.57. The molecule has 4 atom stereocenters. The number of rotatable bonds is 4. The number of aliphatic hydroxyl groups excluding tert-OH is 3. The van der Waals surface area contributed by atoms with E-state index < -0.39 is 24.4 Å². The van der Waals surface area contributed by atoms with E-state index in [1.165, 1.54) is 5.56 Å². The highest BCUT2D eigenvalue weighted by Crippen LogP contribution is 2.24. The Morgan fingerprint density at radius 3 is 2.24 bits per heavy atom. The lowest BCUT2D eigenvalue weighted by Gasteiger charge is -2.14. The molecule has 1 aromatic carbocycles. The molecule has 1 aromatic rings. The first kappa shape index (κ1) is 12.5. The number of benzene rings is 1. The molecule has 1 aliphatic heterocycles. The van der Waals surface area contributed by atoms with Crippen molar-refractivity contribution in [3.8, 4) is 0 Å². The van der Waals surface area contributed by atoms with E-state index in [0.29, 0.717) is 6.42 Å². The topological polar surface area (TPSA) is 69.9 Å². The molecule has 0 radical (unpaired) electrons. The Kier molecular flexibility index (Phi) is 4.12. The van der Waals surface area contributed by atoms with Crippen molar-refractivity contribution < 1.29 is 20.1 Å². The highest BCUT2D eigenvalue weighted by molar-refractivity contribution is 5.15. The number of hydrogen-bond donors (Lipinski definition) is 3. The molecule has 1 aliphatic rings. The van der Waals surface area contributed by atoms with Crippen molar-refractivity contribution in [3.05, 3.63) is 35.9 Å². The van der Waals surface area contributed by atoms with Crippen molar-refractivity contribution in [1.82, 2.24) is 0 Å². The maximum absolute atomic E-state index is 9.75. The molecule has 0 aromatic heterocycles. The van der Waals surface area contributed by atoms with Gasteiger partial charge in [0.15, 0.2) is 0 Å². The summed E-state index contributed by atoms with van der Waals surface area (Å²) in [7, 11) is 0. The maximum Gasteiger partial charge on any atom is 0.111 e. The van der Waals surface area contributed by atoms with E-state index in [1.54, 1.807) is 0 Å². The van der Waals surface area contributed by atoms with Crippen molar-refractivity contribution in [2.24, 2.45) is 0 Å². The fraction of sp³-hybridized carbons (Fsp3) is 0.538.